The molecule has 0 saturated carbocycles. The summed E-state index contributed by atoms with van der Waals surface area (Å²) in [6.07, 6.45) is 0. The lowest BCUT2D eigenvalue weighted by Gasteiger charge is -2.26. The van der Waals surface area contributed by atoms with E-state index in [2.05, 4.69) is 0 Å². The van der Waals surface area contributed by atoms with Crippen LogP contribution < -0.4 is 5.73 Å². The van der Waals surface area contributed by atoms with E-state index in [9.17, 15) is 4.79 Å². The zero-order valence-corrected chi connectivity index (χ0v) is 10.9. The Morgan fingerprint density at radius 2 is 1.88 bits per heavy atom. The number of carbonyl (C=O) groups excluding carboxylic acids is 1. The molecule has 1 atom stereocenters. The smallest absolute Gasteiger partial charge is 0.240 e. The van der Waals surface area contributed by atoms with E-state index in [1.807, 2.05) is 51.1 Å². The first-order valence-corrected chi connectivity index (χ1v) is 6.14. The van der Waals surface area contributed by atoms with Crippen molar-refractivity contribution in [1.82, 2.24) is 4.90 Å². The molecule has 3 nitrogen and oxygen atoms in total. The summed E-state index contributed by atoms with van der Waals surface area (Å²) in [6, 6.07) is 9.58. The molecule has 1 amide bonds. The van der Waals surface area contributed by atoms with Crippen LogP contribution in [-0.2, 0) is 11.3 Å². The maximum absolute atomic E-state index is 12.1. The van der Waals surface area contributed by atoms with Gasteiger partial charge in [-0.05, 0) is 18.4 Å². The molecule has 94 valence electrons. The second kappa shape index (κ2) is 6.40. The molecular weight excluding hydrogens is 212 g/mol. The SMILES string of the molecule is CCN(Cc1ccccc1)C(=O)C(N)C(C)C. The van der Waals surface area contributed by atoms with Crippen molar-refractivity contribution in [3.8, 4) is 0 Å². The third-order valence-corrected chi connectivity index (χ3v) is 2.91. The number of nitrogens with two attached hydrogens (primary N) is 1. The number of hydrogen-bond donors (Lipinski definition) is 1. The molecule has 1 aromatic carbocycles. The van der Waals surface area contributed by atoms with Crippen molar-refractivity contribution in [2.24, 2.45) is 11.7 Å². The fourth-order valence-electron chi connectivity index (χ4n) is 1.65. The summed E-state index contributed by atoms with van der Waals surface area (Å²) < 4.78 is 0. The van der Waals surface area contributed by atoms with Crippen molar-refractivity contribution >= 4 is 5.91 Å². The van der Waals surface area contributed by atoms with E-state index in [1.54, 1.807) is 4.90 Å². The van der Waals surface area contributed by atoms with Gasteiger partial charge >= 0.3 is 0 Å². The minimum Gasteiger partial charge on any atom is -0.337 e. The maximum Gasteiger partial charge on any atom is 0.240 e. The van der Waals surface area contributed by atoms with Crippen LogP contribution in [0, 0.1) is 5.92 Å². The standard InChI is InChI=1S/C14H22N2O/c1-4-16(14(17)13(15)11(2)3)10-12-8-6-5-7-9-12/h5-9,11,13H,4,10,15H2,1-3H3. The van der Waals surface area contributed by atoms with Gasteiger partial charge in [0.1, 0.15) is 0 Å². The topological polar surface area (TPSA) is 46.3 Å². The molecule has 0 aliphatic carbocycles. The average molecular weight is 234 g/mol. The Bertz CT molecular complexity index is 348. The Morgan fingerprint density at radius 1 is 1.29 bits per heavy atom. The molecule has 1 unspecified atom stereocenters. The molecule has 1 rings (SSSR count). The van der Waals surface area contributed by atoms with Crippen LogP contribution in [0.15, 0.2) is 30.3 Å². The van der Waals surface area contributed by atoms with Crippen molar-refractivity contribution in [2.45, 2.75) is 33.4 Å². The summed E-state index contributed by atoms with van der Waals surface area (Å²) in [7, 11) is 0. The van der Waals surface area contributed by atoms with Gasteiger partial charge in [0.15, 0.2) is 0 Å². The summed E-state index contributed by atoms with van der Waals surface area (Å²) in [6.45, 7) is 7.25. The second-order valence-corrected chi connectivity index (χ2v) is 4.61. The molecule has 1 aromatic rings. The summed E-state index contributed by atoms with van der Waals surface area (Å²) in [5.74, 6) is 0.207. The van der Waals surface area contributed by atoms with Gasteiger partial charge in [0.2, 0.25) is 5.91 Å². The molecule has 0 heterocycles. The number of benzene rings is 1. The fraction of sp³-hybridized carbons (Fsp3) is 0.500. The van der Waals surface area contributed by atoms with Gasteiger partial charge in [-0.3, -0.25) is 4.79 Å². The van der Waals surface area contributed by atoms with E-state index in [1.165, 1.54) is 0 Å². The second-order valence-electron chi connectivity index (χ2n) is 4.61. The van der Waals surface area contributed by atoms with Crippen molar-refractivity contribution in [3.63, 3.8) is 0 Å². The number of rotatable bonds is 5. The predicted octanol–water partition coefficient (Wildman–Crippen LogP) is 2.02. The van der Waals surface area contributed by atoms with E-state index < -0.39 is 6.04 Å². The summed E-state index contributed by atoms with van der Waals surface area (Å²) in [5, 5.41) is 0. The van der Waals surface area contributed by atoms with Crippen LogP contribution in [0.4, 0.5) is 0 Å². The molecule has 3 heteroatoms. The lowest BCUT2D eigenvalue weighted by atomic mass is 10.0. The zero-order valence-electron chi connectivity index (χ0n) is 10.9. The highest BCUT2D eigenvalue weighted by atomic mass is 16.2. The van der Waals surface area contributed by atoms with Crippen LogP contribution in [0.3, 0.4) is 0 Å². The van der Waals surface area contributed by atoms with E-state index >= 15 is 0 Å². The first-order chi connectivity index (χ1) is 8.06. The fourth-order valence-corrected chi connectivity index (χ4v) is 1.65. The van der Waals surface area contributed by atoms with Crippen molar-refractivity contribution in [3.05, 3.63) is 35.9 Å². The first-order valence-electron chi connectivity index (χ1n) is 6.14. The van der Waals surface area contributed by atoms with Crippen LogP contribution in [0.25, 0.3) is 0 Å². The summed E-state index contributed by atoms with van der Waals surface area (Å²) in [5.41, 5.74) is 7.04. The van der Waals surface area contributed by atoms with E-state index in [4.69, 9.17) is 5.73 Å². The Kier molecular flexibility index (Phi) is 5.16. The van der Waals surface area contributed by atoms with Crippen molar-refractivity contribution < 1.29 is 4.79 Å². The van der Waals surface area contributed by atoms with Crippen LogP contribution in [0.1, 0.15) is 26.3 Å². The van der Waals surface area contributed by atoms with Crippen LogP contribution in [0.5, 0.6) is 0 Å². The normalized spacial score (nSPS) is 12.5. The minimum atomic E-state index is -0.404. The molecule has 2 N–H and O–H groups in total. The van der Waals surface area contributed by atoms with Crippen molar-refractivity contribution in [2.75, 3.05) is 6.54 Å². The molecule has 0 bridgehead atoms. The molecule has 0 spiro atoms. The Hall–Kier alpha value is -1.35. The summed E-state index contributed by atoms with van der Waals surface area (Å²) >= 11 is 0. The highest BCUT2D eigenvalue weighted by Gasteiger charge is 2.22. The number of likely N-dealkylation sites (N-methyl/N-ethyl adjacent to an activating group) is 1. The van der Waals surface area contributed by atoms with Gasteiger partial charge in [-0.25, -0.2) is 0 Å². The Balaban J connectivity index is 2.69. The van der Waals surface area contributed by atoms with Gasteiger partial charge in [-0.15, -0.1) is 0 Å². The third-order valence-electron chi connectivity index (χ3n) is 2.91. The number of nitrogens with zero attached hydrogens (tertiary/aromatic N) is 1. The highest BCUT2D eigenvalue weighted by molar-refractivity contribution is 5.81. The van der Waals surface area contributed by atoms with E-state index in [0.29, 0.717) is 13.1 Å². The predicted molar refractivity (Wildman–Crippen MR) is 70.3 cm³/mol. The van der Waals surface area contributed by atoms with Crippen molar-refractivity contribution in [1.29, 1.82) is 0 Å². The lowest BCUT2D eigenvalue weighted by molar-refractivity contribution is -0.134. The maximum atomic E-state index is 12.1. The lowest BCUT2D eigenvalue weighted by Crippen LogP contribution is -2.46. The van der Waals surface area contributed by atoms with Gasteiger partial charge in [-0.1, -0.05) is 44.2 Å². The van der Waals surface area contributed by atoms with Crippen LogP contribution >= 0.6 is 0 Å². The number of hydrogen-bond acceptors (Lipinski definition) is 2. The van der Waals surface area contributed by atoms with E-state index in [0.717, 1.165) is 5.56 Å². The molecule has 17 heavy (non-hydrogen) atoms. The first kappa shape index (κ1) is 13.7. The highest BCUT2D eigenvalue weighted by Crippen LogP contribution is 2.08. The Labute approximate surface area is 104 Å². The minimum absolute atomic E-state index is 0.0337. The largest absolute Gasteiger partial charge is 0.337 e. The van der Waals surface area contributed by atoms with Crippen LogP contribution in [0.2, 0.25) is 0 Å². The Morgan fingerprint density at radius 3 is 2.35 bits per heavy atom. The zero-order chi connectivity index (χ0) is 12.8. The quantitative estimate of drug-likeness (QED) is 0.847. The molecule has 0 radical (unpaired) electrons. The molecule has 0 saturated heterocycles. The van der Waals surface area contributed by atoms with Gasteiger partial charge in [0.05, 0.1) is 6.04 Å². The number of amides is 1. The van der Waals surface area contributed by atoms with Gasteiger partial charge in [0.25, 0.3) is 0 Å². The molecule has 0 aliphatic heterocycles. The average Bonchev–Trinajstić information content (AvgIpc) is 2.35. The van der Waals surface area contributed by atoms with Gasteiger partial charge in [-0.2, -0.15) is 0 Å². The number of carbonyl (C=O) groups is 1. The molecule has 0 aliphatic rings. The van der Waals surface area contributed by atoms with Gasteiger partial charge in [0, 0.05) is 13.1 Å². The van der Waals surface area contributed by atoms with E-state index in [-0.39, 0.29) is 11.8 Å². The monoisotopic (exact) mass is 234 g/mol. The molecular formula is C14H22N2O. The van der Waals surface area contributed by atoms with Crippen LogP contribution in [-0.4, -0.2) is 23.4 Å². The molecule has 0 aromatic heterocycles. The third kappa shape index (κ3) is 3.86. The van der Waals surface area contributed by atoms with Gasteiger partial charge < -0.3 is 10.6 Å². The summed E-state index contributed by atoms with van der Waals surface area (Å²) in [4.78, 5) is 13.9. The molecule has 0 fully saturated rings.